The molecular weight excluding hydrogens is 731 g/mol. The average molecular weight is 806 g/mol. The number of nitrogens with one attached hydrogen (secondary N) is 1. The molecule has 0 aromatic rings. The van der Waals surface area contributed by atoms with Crippen molar-refractivity contribution in [3.8, 4) is 0 Å². The number of ether oxygens (including phenoxy) is 2. The first-order valence-corrected chi connectivity index (χ1v) is 22.4. The van der Waals surface area contributed by atoms with E-state index in [9.17, 15) is 38.7 Å². The maximum atomic E-state index is 13.0. The Balaban J connectivity index is 2.56. The van der Waals surface area contributed by atoms with Crippen molar-refractivity contribution < 1.29 is 57.0 Å². The molecule has 14 heteroatoms. The molecular formula is C41H75NO12S. The van der Waals surface area contributed by atoms with E-state index in [-0.39, 0.29) is 6.42 Å². The van der Waals surface area contributed by atoms with Crippen molar-refractivity contribution in [2.24, 2.45) is 0 Å². The van der Waals surface area contributed by atoms with Gasteiger partial charge in [0.05, 0.1) is 25.4 Å². The van der Waals surface area contributed by atoms with Gasteiger partial charge in [0.15, 0.2) is 6.29 Å². The second-order valence-electron chi connectivity index (χ2n) is 14.7. The first-order chi connectivity index (χ1) is 26.4. The summed E-state index contributed by atoms with van der Waals surface area (Å²) in [6.45, 7) is 3.10. The lowest BCUT2D eigenvalue weighted by Crippen LogP contribution is -2.61. The van der Waals surface area contributed by atoms with Crippen molar-refractivity contribution in [2.75, 3.05) is 13.2 Å². The molecule has 0 spiro atoms. The van der Waals surface area contributed by atoms with Crippen molar-refractivity contribution in [1.82, 2.24) is 5.32 Å². The fourth-order valence-electron chi connectivity index (χ4n) is 6.39. The van der Waals surface area contributed by atoms with Crippen LogP contribution in [-0.4, -0.2) is 107 Å². The molecule has 0 bridgehead atoms. The molecule has 1 saturated heterocycles. The van der Waals surface area contributed by atoms with Crippen molar-refractivity contribution in [1.29, 1.82) is 0 Å². The normalized spacial score (nSPS) is 22.5. The molecule has 0 saturated carbocycles. The summed E-state index contributed by atoms with van der Waals surface area (Å²) in [5.74, 6) is -0.712. The van der Waals surface area contributed by atoms with Gasteiger partial charge in [-0.05, 0) is 44.9 Å². The number of carbonyl (C=O) groups is 1. The van der Waals surface area contributed by atoms with Crippen LogP contribution in [0, 0.1) is 0 Å². The SMILES string of the molecule is CCCCC/C=C\C=C/CCCCCCCCCCCC(O)C(=O)NC(COC1OC(CO)C(O)C(OS(=O)(=O)O)C1O)C(O)/C=C/CCCCCCCC. The average Bonchev–Trinajstić information content (AvgIpc) is 3.15. The summed E-state index contributed by atoms with van der Waals surface area (Å²) in [6, 6.07) is -1.12. The van der Waals surface area contributed by atoms with E-state index < -0.39 is 78.5 Å². The van der Waals surface area contributed by atoms with Crippen molar-refractivity contribution in [2.45, 2.75) is 204 Å². The van der Waals surface area contributed by atoms with Gasteiger partial charge in [-0.15, -0.1) is 0 Å². The predicted octanol–water partition coefficient (Wildman–Crippen LogP) is 6.13. The standard InChI is InChI=1S/C41H75NO12S/c1-3-5-7-9-11-13-14-15-16-17-18-19-20-21-22-24-26-28-30-35(45)40(48)42-33(34(44)29-27-25-23-12-10-8-6-4-2)32-52-41-38(47)39(54-55(49,50)51)37(46)36(31-43)53-41/h11,13-15,27,29,33-39,41,43-47H,3-10,12,16-26,28,30-32H2,1-2H3,(H,42,48)(H,49,50,51)/b13-11-,15-14-,29-27+. The van der Waals surface area contributed by atoms with Crippen LogP contribution >= 0.6 is 0 Å². The topological polar surface area (TPSA) is 212 Å². The van der Waals surface area contributed by atoms with E-state index >= 15 is 0 Å². The largest absolute Gasteiger partial charge is 0.397 e. The van der Waals surface area contributed by atoms with E-state index in [4.69, 9.17) is 14.0 Å². The highest BCUT2D eigenvalue weighted by Crippen LogP contribution is 2.26. The first-order valence-electron chi connectivity index (χ1n) is 21.0. The molecule has 322 valence electrons. The minimum Gasteiger partial charge on any atom is -0.394 e. The monoisotopic (exact) mass is 806 g/mol. The second-order valence-corrected chi connectivity index (χ2v) is 15.8. The van der Waals surface area contributed by atoms with Gasteiger partial charge in [0.2, 0.25) is 5.91 Å². The van der Waals surface area contributed by atoms with Gasteiger partial charge in [-0.1, -0.05) is 147 Å². The third-order valence-corrected chi connectivity index (χ3v) is 10.3. The number of unbranched alkanes of at least 4 members (excludes halogenated alkanes) is 18. The van der Waals surface area contributed by atoms with E-state index in [2.05, 4.69) is 47.7 Å². The Bertz CT molecular complexity index is 1150. The number of amides is 1. The third-order valence-electron chi connectivity index (χ3n) is 9.80. The van der Waals surface area contributed by atoms with Crippen molar-refractivity contribution in [3.05, 3.63) is 36.5 Å². The molecule has 0 aliphatic carbocycles. The molecule has 7 N–H and O–H groups in total. The quantitative estimate of drug-likeness (QED) is 0.0170. The molecule has 0 aromatic carbocycles. The number of allylic oxidation sites excluding steroid dienone is 5. The molecule has 8 unspecified atom stereocenters. The Kier molecular flexibility index (Phi) is 30.1. The lowest BCUT2D eigenvalue weighted by atomic mass is 9.99. The van der Waals surface area contributed by atoms with Crippen molar-refractivity contribution in [3.63, 3.8) is 0 Å². The summed E-state index contributed by atoms with van der Waals surface area (Å²) in [6.07, 6.45) is 24.0. The lowest BCUT2D eigenvalue weighted by Gasteiger charge is -2.41. The Morgan fingerprint density at radius 1 is 0.745 bits per heavy atom. The van der Waals surface area contributed by atoms with Gasteiger partial charge in [-0.25, -0.2) is 4.18 Å². The zero-order valence-corrected chi connectivity index (χ0v) is 34.4. The summed E-state index contributed by atoms with van der Waals surface area (Å²) in [5, 5.41) is 54.8. The van der Waals surface area contributed by atoms with Crippen molar-refractivity contribution >= 4 is 16.3 Å². The fraction of sp³-hybridized carbons (Fsp3) is 0.829. The lowest BCUT2D eigenvalue weighted by molar-refractivity contribution is -0.298. The van der Waals surface area contributed by atoms with Crippen LogP contribution in [0.15, 0.2) is 36.5 Å². The summed E-state index contributed by atoms with van der Waals surface area (Å²) >= 11 is 0. The number of hydrogen-bond donors (Lipinski definition) is 7. The molecule has 0 radical (unpaired) electrons. The van der Waals surface area contributed by atoms with Gasteiger partial charge >= 0.3 is 10.4 Å². The van der Waals surface area contributed by atoms with Crippen LogP contribution in [0.1, 0.15) is 155 Å². The number of aliphatic hydroxyl groups excluding tert-OH is 5. The molecule has 13 nitrogen and oxygen atoms in total. The second kappa shape index (κ2) is 32.3. The van der Waals surface area contributed by atoms with Gasteiger partial charge in [-0.2, -0.15) is 8.42 Å². The summed E-state index contributed by atoms with van der Waals surface area (Å²) in [4.78, 5) is 13.0. The van der Waals surface area contributed by atoms with E-state index in [1.165, 1.54) is 63.9 Å². The Morgan fingerprint density at radius 2 is 1.24 bits per heavy atom. The minimum absolute atomic E-state index is 0.236. The molecule has 1 amide bonds. The Hall–Kier alpha value is -1.72. The maximum Gasteiger partial charge on any atom is 0.397 e. The molecule has 0 aromatic heterocycles. The highest BCUT2D eigenvalue weighted by atomic mass is 32.3. The highest BCUT2D eigenvalue weighted by molar-refractivity contribution is 7.80. The molecule has 1 heterocycles. The van der Waals surface area contributed by atoms with E-state index in [1.54, 1.807) is 6.08 Å². The minimum atomic E-state index is -5.11. The molecule has 8 atom stereocenters. The van der Waals surface area contributed by atoms with Gasteiger partial charge in [0.1, 0.15) is 30.5 Å². The number of aliphatic hydroxyl groups is 5. The molecule has 1 aliphatic rings. The number of rotatable bonds is 34. The predicted molar refractivity (Wildman–Crippen MR) is 214 cm³/mol. The number of hydrogen-bond acceptors (Lipinski definition) is 11. The highest BCUT2D eigenvalue weighted by Gasteiger charge is 2.48. The van der Waals surface area contributed by atoms with E-state index in [1.807, 2.05) is 0 Å². The van der Waals surface area contributed by atoms with Crippen LogP contribution in [0.5, 0.6) is 0 Å². The van der Waals surface area contributed by atoms with Crippen LogP contribution in [-0.2, 0) is 28.9 Å². The van der Waals surface area contributed by atoms with Gasteiger partial charge < -0.3 is 40.3 Å². The van der Waals surface area contributed by atoms with Gasteiger partial charge in [0.25, 0.3) is 0 Å². The van der Waals surface area contributed by atoms with E-state index in [0.717, 1.165) is 64.2 Å². The van der Waals surface area contributed by atoms with E-state index in [0.29, 0.717) is 12.8 Å². The van der Waals surface area contributed by atoms with Crippen LogP contribution in [0.25, 0.3) is 0 Å². The first kappa shape index (κ1) is 51.3. The summed E-state index contributed by atoms with van der Waals surface area (Å²) < 4.78 is 47.2. The number of carbonyl (C=O) groups excluding carboxylic acids is 1. The smallest absolute Gasteiger partial charge is 0.394 e. The molecule has 55 heavy (non-hydrogen) atoms. The summed E-state index contributed by atoms with van der Waals surface area (Å²) in [5.41, 5.74) is 0. The maximum absolute atomic E-state index is 13.0. The van der Waals surface area contributed by atoms with Gasteiger partial charge in [0, 0.05) is 0 Å². The Labute approximate surface area is 331 Å². The van der Waals surface area contributed by atoms with Crippen LogP contribution in [0.4, 0.5) is 0 Å². The Morgan fingerprint density at radius 3 is 1.78 bits per heavy atom. The fourth-order valence-corrected chi connectivity index (χ4v) is 6.90. The van der Waals surface area contributed by atoms with Crippen LogP contribution in [0.3, 0.4) is 0 Å². The molecule has 1 aliphatic heterocycles. The zero-order chi connectivity index (χ0) is 40.7. The zero-order valence-electron chi connectivity index (χ0n) is 33.6. The third kappa shape index (κ3) is 25.3. The van der Waals surface area contributed by atoms with Crippen LogP contribution in [0.2, 0.25) is 0 Å². The molecule has 1 rings (SSSR count). The summed E-state index contributed by atoms with van der Waals surface area (Å²) in [7, 11) is -5.11. The van der Waals surface area contributed by atoms with Gasteiger partial charge in [-0.3, -0.25) is 9.35 Å². The van der Waals surface area contributed by atoms with Crippen LogP contribution < -0.4 is 5.32 Å². The molecule has 1 fully saturated rings.